The summed E-state index contributed by atoms with van der Waals surface area (Å²) in [5.41, 5.74) is 8.72. The molecule has 5 N–H and O–H groups in total. The molecule has 1 unspecified atom stereocenters. The molecule has 0 aliphatic heterocycles. The van der Waals surface area contributed by atoms with E-state index in [1.54, 1.807) is 81.6 Å². The number of carbonyl (C=O) groups excluding carboxylic acids is 1. The molecule has 2 aromatic carbocycles. The second-order valence-corrected chi connectivity index (χ2v) is 12.7. The van der Waals surface area contributed by atoms with Crippen molar-refractivity contribution in [2.24, 2.45) is 5.73 Å². The van der Waals surface area contributed by atoms with Crippen molar-refractivity contribution in [3.63, 3.8) is 0 Å². The fraction of sp³-hybridized carbons (Fsp3) is 0.233. The van der Waals surface area contributed by atoms with Crippen LogP contribution in [0.1, 0.15) is 48.1 Å². The number of sulfonamides is 1. The minimum Gasteiger partial charge on any atom is -0.508 e. The van der Waals surface area contributed by atoms with Crippen molar-refractivity contribution in [1.82, 2.24) is 15.3 Å². The minimum absolute atomic E-state index is 0.0376. The summed E-state index contributed by atoms with van der Waals surface area (Å²) >= 11 is 0. The summed E-state index contributed by atoms with van der Waals surface area (Å²) in [7, 11) is -3.82. The van der Waals surface area contributed by atoms with Gasteiger partial charge in [-0.3, -0.25) is 9.52 Å². The van der Waals surface area contributed by atoms with Gasteiger partial charge in [-0.05, 0) is 87.2 Å². The van der Waals surface area contributed by atoms with E-state index < -0.39 is 26.7 Å². The Morgan fingerprint density at radius 3 is 2.45 bits per heavy atom. The van der Waals surface area contributed by atoms with Crippen LogP contribution in [0, 0.1) is 11.8 Å². The summed E-state index contributed by atoms with van der Waals surface area (Å²) in [6, 6.07) is 18.3. The zero-order valence-electron chi connectivity index (χ0n) is 22.5. The number of hydrogen-bond donors (Lipinski definition) is 4. The Balaban J connectivity index is 1.70. The van der Waals surface area contributed by atoms with E-state index in [1.165, 1.54) is 6.07 Å². The van der Waals surface area contributed by atoms with Crippen LogP contribution < -0.4 is 15.8 Å². The molecule has 0 aliphatic carbocycles. The molecule has 10 heteroatoms. The van der Waals surface area contributed by atoms with Crippen molar-refractivity contribution in [3.05, 3.63) is 95.4 Å². The zero-order valence-corrected chi connectivity index (χ0v) is 23.3. The summed E-state index contributed by atoms with van der Waals surface area (Å²) in [4.78, 5) is 22.0. The fourth-order valence-corrected chi connectivity index (χ4v) is 4.51. The zero-order chi connectivity index (χ0) is 28.9. The van der Waals surface area contributed by atoms with E-state index in [2.05, 4.69) is 31.8 Å². The summed E-state index contributed by atoms with van der Waals surface area (Å²) in [6.07, 6.45) is 2.10. The van der Waals surface area contributed by atoms with Gasteiger partial charge in [-0.1, -0.05) is 24.1 Å². The van der Waals surface area contributed by atoms with Gasteiger partial charge in [0.25, 0.3) is 5.91 Å². The lowest BCUT2D eigenvalue weighted by molar-refractivity contribution is 0.0933. The van der Waals surface area contributed by atoms with Gasteiger partial charge in [-0.25, -0.2) is 18.4 Å². The van der Waals surface area contributed by atoms with Crippen molar-refractivity contribution in [3.8, 4) is 17.6 Å². The molecule has 2 heterocycles. The van der Waals surface area contributed by atoms with Crippen LogP contribution in [-0.4, -0.2) is 46.7 Å². The smallest absolute Gasteiger partial charge is 0.270 e. The lowest BCUT2D eigenvalue weighted by Gasteiger charge is -2.22. The Labute approximate surface area is 233 Å². The molecule has 0 bridgehead atoms. The number of pyridine rings is 2. The van der Waals surface area contributed by atoms with Crippen LogP contribution in [0.2, 0.25) is 0 Å². The molecular weight excluding hydrogens is 526 g/mol. The second-order valence-electron chi connectivity index (χ2n) is 10.2. The molecule has 0 fully saturated rings. The summed E-state index contributed by atoms with van der Waals surface area (Å²) in [5.74, 6) is 5.69. The highest BCUT2D eigenvalue weighted by Gasteiger charge is 2.30. The maximum Gasteiger partial charge on any atom is 0.270 e. The third-order valence-corrected chi connectivity index (χ3v) is 8.23. The number of amides is 1. The molecule has 206 valence electrons. The lowest BCUT2D eigenvalue weighted by atomic mass is 10.1. The number of nitrogens with two attached hydrogens (primary N) is 1. The molecule has 0 spiro atoms. The van der Waals surface area contributed by atoms with Crippen LogP contribution in [0.5, 0.6) is 5.75 Å². The quantitative estimate of drug-likeness (QED) is 0.254. The van der Waals surface area contributed by atoms with Gasteiger partial charge in [-0.15, -0.1) is 0 Å². The normalized spacial score (nSPS) is 12.3. The van der Waals surface area contributed by atoms with Crippen molar-refractivity contribution in [1.29, 1.82) is 0 Å². The van der Waals surface area contributed by atoms with Crippen molar-refractivity contribution in [2.45, 2.75) is 38.0 Å². The van der Waals surface area contributed by atoms with E-state index in [-0.39, 0.29) is 23.7 Å². The molecule has 2 aromatic heterocycles. The number of nitrogens with zero attached hydrogens (tertiary/aromatic N) is 2. The Bertz CT molecular complexity index is 1690. The van der Waals surface area contributed by atoms with E-state index in [4.69, 9.17) is 5.73 Å². The van der Waals surface area contributed by atoms with Gasteiger partial charge in [0.15, 0.2) is 0 Å². The number of rotatable bonds is 7. The Kier molecular flexibility index (Phi) is 8.38. The lowest BCUT2D eigenvalue weighted by Crippen LogP contribution is -2.42. The van der Waals surface area contributed by atoms with E-state index in [0.717, 1.165) is 5.56 Å². The van der Waals surface area contributed by atoms with Gasteiger partial charge >= 0.3 is 0 Å². The topological polar surface area (TPSA) is 147 Å². The van der Waals surface area contributed by atoms with Gasteiger partial charge in [0, 0.05) is 29.7 Å². The number of phenols is 1. The molecule has 0 saturated carbocycles. The van der Waals surface area contributed by atoms with Crippen LogP contribution in [-0.2, 0) is 16.4 Å². The Morgan fingerprint density at radius 2 is 1.80 bits per heavy atom. The molecule has 4 rings (SSSR count). The average Bonchev–Trinajstić information content (AvgIpc) is 2.92. The number of anilines is 1. The van der Waals surface area contributed by atoms with Crippen LogP contribution in [0.3, 0.4) is 0 Å². The molecule has 9 nitrogen and oxygen atoms in total. The highest BCUT2D eigenvalue weighted by atomic mass is 32.2. The minimum atomic E-state index is -3.82. The Morgan fingerprint density at radius 1 is 1.05 bits per heavy atom. The second kappa shape index (κ2) is 11.7. The standard InChI is InChI=1S/C30H31N5O4S/c1-30(2,3)40(38,39)35-27-18-28(29(37)33-23(19-31)16-20-8-12-24(36)13-9-20)34-26-14-10-21(17-25(26)27)7-11-22-6-4-5-15-32-22/h4-6,8-10,12-15,17-18,23,36H,16,19,31H2,1-3H3,(H,33,37)(H,34,35). The number of phenolic OH excluding ortho intramolecular Hbond substituents is 1. The number of aromatic hydroxyl groups is 1. The highest BCUT2D eigenvalue weighted by molar-refractivity contribution is 7.94. The number of benzene rings is 2. The first-order chi connectivity index (χ1) is 18.9. The third-order valence-electron chi connectivity index (χ3n) is 6.13. The third kappa shape index (κ3) is 6.94. The first kappa shape index (κ1) is 28.5. The largest absolute Gasteiger partial charge is 0.508 e. The number of hydrogen-bond acceptors (Lipinski definition) is 7. The molecule has 1 amide bonds. The maximum atomic E-state index is 13.3. The van der Waals surface area contributed by atoms with Gasteiger partial charge < -0.3 is 16.2 Å². The molecule has 0 radical (unpaired) electrons. The van der Waals surface area contributed by atoms with Crippen molar-refractivity contribution < 1.29 is 18.3 Å². The van der Waals surface area contributed by atoms with Crippen LogP contribution in [0.15, 0.2) is 72.9 Å². The van der Waals surface area contributed by atoms with Crippen molar-refractivity contribution >= 4 is 32.5 Å². The number of aromatic nitrogens is 2. The summed E-state index contributed by atoms with van der Waals surface area (Å²) < 4.78 is 27.7. The van der Waals surface area contributed by atoms with Gasteiger partial charge in [-0.2, -0.15) is 0 Å². The van der Waals surface area contributed by atoms with E-state index in [0.29, 0.717) is 28.6 Å². The van der Waals surface area contributed by atoms with Crippen LogP contribution in [0.25, 0.3) is 10.9 Å². The van der Waals surface area contributed by atoms with E-state index in [9.17, 15) is 18.3 Å². The number of carbonyl (C=O) groups is 1. The predicted molar refractivity (Wildman–Crippen MR) is 156 cm³/mol. The van der Waals surface area contributed by atoms with E-state index in [1.807, 2.05) is 6.07 Å². The predicted octanol–water partition coefficient (Wildman–Crippen LogP) is 3.58. The van der Waals surface area contributed by atoms with Gasteiger partial charge in [0.2, 0.25) is 10.0 Å². The summed E-state index contributed by atoms with van der Waals surface area (Å²) in [5, 5.41) is 12.9. The monoisotopic (exact) mass is 557 g/mol. The fourth-order valence-electron chi connectivity index (χ4n) is 3.74. The van der Waals surface area contributed by atoms with Crippen molar-refractivity contribution in [2.75, 3.05) is 11.3 Å². The first-order valence-corrected chi connectivity index (χ1v) is 14.1. The Hall–Kier alpha value is -4.46. The SMILES string of the molecule is CC(C)(C)S(=O)(=O)Nc1cc(C(=O)NC(CN)Cc2ccc(O)cc2)nc2ccc(C#Cc3ccccn3)cc12. The molecule has 0 aliphatic rings. The number of nitrogens with one attached hydrogen (secondary N) is 2. The molecule has 1 atom stereocenters. The first-order valence-electron chi connectivity index (χ1n) is 12.6. The molecular formula is C30H31N5O4S. The summed E-state index contributed by atoms with van der Waals surface area (Å²) in [6.45, 7) is 4.93. The average molecular weight is 558 g/mol. The molecule has 0 saturated heterocycles. The van der Waals surface area contributed by atoms with Gasteiger partial charge in [0.05, 0.1) is 16.0 Å². The maximum absolute atomic E-state index is 13.3. The van der Waals surface area contributed by atoms with E-state index >= 15 is 0 Å². The number of fused-ring (bicyclic) bond motifs is 1. The highest BCUT2D eigenvalue weighted by Crippen LogP contribution is 2.28. The van der Waals surface area contributed by atoms with Crippen LogP contribution in [0.4, 0.5) is 5.69 Å². The van der Waals surface area contributed by atoms with Crippen LogP contribution >= 0.6 is 0 Å². The van der Waals surface area contributed by atoms with Gasteiger partial charge in [0.1, 0.15) is 17.1 Å². The molecule has 40 heavy (non-hydrogen) atoms. The molecule has 4 aromatic rings.